The summed E-state index contributed by atoms with van der Waals surface area (Å²) < 4.78 is 14.0. The van der Waals surface area contributed by atoms with Crippen molar-refractivity contribution in [2.75, 3.05) is 0 Å². The maximum absolute atomic E-state index is 12.6. The van der Waals surface area contributed by atoms with Gasteiger partial charge in [-0.3, -0.25) is 4.79 Å². The monoisotopic (exact) mass is 205 g/mol. The highest BCUT2D eigenvalue weighted by Crippen LogP contribution is 2.04. The molecule has 0 spiro atoms. The second-order valence-corrected chi connectivity index (χ2v) is 3.03. The summed E-state index contributed by atoms with van der Waals surface area (Å²) in [5.74, 6) is -0.479. The van der Waals surface area contributed by atoms with Crippen LogP contribution in [0.5, 0.6) is 0 Å². The van der Waals surface area contributed by atoms with Crippen molar-refractivity contribution in [3.05, 3.63) is 48.0 Å². The minimum Gasteiger partial charge on any atom is -0.292 e. The quantitative estimate of drug-likeness (QED) is 0.709. The minimum absolute atomic E-state index is 0.117. The Labute approximate surface area is 85.3 Å². The zero-order valence-electron chi connectivity index (χ0n) is 7.80. The summed E-state index contributed by atoms with van der Waals surface area (Å²) in [5.41, 5.74) is 0.465. The Balaban J connectivity index is 2.11. The van der Waals surface area contributed by atoms with Crippen molar-refractivity contribution >= 4 is 5.78 Å². The lowest BCUT2D eigenvalue weighted by Crippen LogP contribution is -2.10. The third-order valence-corrected chi connectivity index (χ3v) is 1.94. The van der Waals surface area contributed by atoms with Crippen LogP contribution in [0.2, 0.25) is 0 Å². The number of carbonyl (C=O) groups is 1. The van der Waals surface area contributed by atoms with Gasteiger partial charge in [0.15, 0.2) is 5.78 Å². The lowest BCUT2D eigenvalue weighted by Gasteiger charge is -2.00. The largest absolute Gasteiger partial charge is 0.292 e. The number of aromatic nitrogens is 3. The smallest absolute Gasteiger partial charge is 0.184 e. The van der Waals surface area contributed by atoms with Gasteiger partial charge in [0.2, 0.25) is 0 Å². The van der Waals surface area contributed by atoms with Gasteiger partial charge in [-0.25, -0.2) is 9.07 Å². The summed E-state index contributed by atoms with van der Waals surface area (Å²) >= 11 is 0. The standard InChI is InChI=1S/C10H8FN3O/c11-9-3-1-8(2-4-9)10(15)7-14-6-5-12-13-14/h1-6H,7H2. The number of ketones is 1. The first-order valence-electron chi connectivity index (χ1n) is 4.38. The molecule has 15 heavy (non-hydrogen) atoms. The Morgan fingerprint density at radius 3 is 2.67 bits per heavy atom. The van der Waals surface area contributed by atoms with Crippen molar-refractivity contribution in [1.82, 2.24) is 15.0 Å². The molecule has 0 fully saturated rings. The van der Waals surface area contributed by atoms with Crippen LogP contribution in [0.1, 0.15) is 10.4 Å². The summed E-state index contributed by atoms with van der Waals surface area (Å²) in [5, 5.41) is 7.25. The van der Waals surface area contributed by atoms with Crippen LogP contribution in [0.25, 0.3) is 0 Å². The molecule has 4 nitrogen and oxygen atoms in total. The molecule has 0 unspecified atom stereocenters. The molecule has 1 aromatic heterocycles. The molecule has 76 valence electrons. The molecular weight excluding hydrogens is 197 g/mol. The van der Waals surface area contributed by atoms with Gasteiger partial charge < -0.3 is 0 Å². The number of rotatable bonds is 3. The Bertz CT molecular complexity index is 450. The zero-order chi connectivity index (χ0) is 10.7. The molecule has 1 heterocycles. The maximum Gasteiger partial charge on any atom is 0.184 e. The molecule has 0 aliphatic heterocycles. The Morgan fingerprint density at radius 1 is 1.33 bits per heavy atom. The molecule has 2 aromatic rings. The van der Waals surface area contributed by atoms with Crippen LogP contribution in [0.4, 0.5) is 4.39 Å². The molecule has 0 atom stereocenters. The molecule has 0 aliphatic carbocycles. The number of Topliss-reactive ketones (excluding diaryl/α,β-unsaturated/α-hetero) is 1. The number of halogens is 1. The fourth-order valence-electron chi connectivity index (χ4n) is 1.19. The van der Waals surface area contributed by atoms with E-state index in [9.17, 15) is 9.18 Å². The maximum atomic E-state index is 12.6. The molecule has 0 radical (unpaired) electrons. The summed E-state index contributed by atoms with van der Waals surface area (Å²) in [7, 11) is 0. The average Bonchev–Trinajstić information content (AvgIpc) is 2.71. The summed E-state index contributed by atoms with van der Waals surface area (Å²) in [6.45, 7) is 0.117. The normalized spacial score (nSPS) is 10.2. The molecule has 0 aliphatic rings. The number of hydrogen-bond donors (Lipinski definition) is 0. The predicted octanol–water partition coefficient (Wildman–Crippen LogP) is 1.30. The first-order chi connectivity index (χ1) is 7.25. The van der Waals surface area contributed by atoms with E-state index in [1.807, 2.05) is 0 Å². The molecular formula is C10H8FN3O. The van der Waals surface area contributed by atoms with Gasteiger partial charge in [0.1, 0.15) is 12.4 Å². The Morgan fingerprint density at radius 2 is 2.07 bits per heavy atom. The van der Waals surface area contributed by atoms with E-state index in [0.717, 1.165) is 0 Å². The molecule has 0 saturated heterocycles. The van der Waals surface area contributed by atoms with Crippen LogP contribution in [0.3, 0.4) is 0 Å². The Kier molecular flexibility index (Phi) is 2.53. The van der Waals surface area contributed by atoms with Crippen LogP contribution >= 0.6 is 0 Å². The number of carbonyl (C=O) groups excluding carboxylic acids is 1. The van der Waals surface area contributed by atoms with Gasteiger partial charge in [0.25, 0.3) is 0 Å². The van der Waals surface area contributed by atoms with Crippen LogP contribution in [-0.4, -0.2) is 20.8 Å². The van der Waals surface area contributed by atoms with Gasteiger partial charge in [-0.05, 0) is 24.3 Å². The van der Waals surface area contributed by atoms with Crippen molar-refractivity contribution in [1.29, 1.82) is 0 Å². The van der Waals surface area contributed by atoms with Crippen LogP contribution in [0, 0.1) is 5.82 Å². The van der Waals surface area contributed by atoms with Gasteiger partial charge in [-0.1, -0.05) is 5.21 Å². The lowest BCUT2D eigenvalue weighted by molar-refractivity contribution is 0.0967. The van der Waals surface area contributed by atoms with E-state index < -0.39 is 0 Å². The number of benzene rings is 1. The zero-order valence-corrected chi connectivity index (χ0v) is 7.80. The summed E-state index contributed by atoms with van der Waals surface area (Å²) in [4.78, 5) is 11.6. The average molecular weight is 205 g/mol. The molecule has 0 saturated carbocycles. The first-order valence-corrected chi connectivity index (χ1v) is 4.38. The predicted molar refractivity (Wildman–Crippen MR) is 50.8 cm³/mol. The van der Waals surface area contributed by atoms with Crippen molar-refractivity contribution in [2.45, 2.75) is 6.54 Å². The highest BCUT2D eigenvalue weighted by molar-refractivity contribution is 5.95. The van der Waals surface area contributed by atoms with Gasteiger partial charge in [-0.2, -0.15) is 0 Å². The van der Waals surface area contributed by atoms with Gasteiger partial charge in [0, 0.05) is 11.8 Å². The van der Waals surface area contributed by atoms with E-state index in [1.54, 1.807) is 6.20 Å². The fraction of sp³-hybridized carbons (Fsp3) is 0.100. The van der Waals surface area contributed by atoms with Crippen molar-refractivity contribution in [2.24, 2.45) is 0 Å². The third-order valence-electron chi connectivity index (χ3n) is 1.94. The molecule has 0 bridgehead atoms. The van der Waals surface area contributed by atoms with Crippen molar-refractivity contribution < 1.29 is 9.18 Å². The molecule has 5 heteroatoms. The van der Waals surface area contributed by atoms with Crippen molar-refractivity contribution in [3.8, 4) is 0 Å². The fourth-order valence-corrected chi connectivity index (χ4v) is 1.19. The minimum atomic E-state index is -0.354. The second-order valence-electron chi connectivity index (χ2n) is 3.03. The number of nitrogens with zero attached hydrogens (tertiary/aromatic N) is 3. The van der Waals surface area contributed by atoms with E-state index in [2.05, 4.69) is 10.3 Å². The lowest BCUT2D eigenvalue weighted by atomic mass is 10.1. The summed E-state index contributed by atoms with van der Waals surface area (Å²) in [6, 6.07) is 5.42. The highest BCUT2D eigenvalue weighted by Gasteiger charge is 2.06. The van der Waals surface area contributed by atoms with E-state index >= 15 is 0 Å². The SMILES string of the molecule is O=C(Cn1ccnn1)c1ccc(F)cc1. The van der Waals surface area contributed by atoms with Crippen LogP contribution < -0.4 is 0 Å². The summed E-state index contributed by atoms with van der Waals surface area (Å²) in [6.07, 6.45) is 3.10. The third kappa shape index (κ3) is 2.25. The van der Waals surface area contributed by atoms with Gasteiger partial charge in [0.05, 0.1) is 6.20 Å². The van der Waals surface area contributed by atoms with Crippen LogP contribution in [-0.2, 0) is 6.54 Å². The molecule has 0 amide bonds. The van der Waals surface area contributed by atoms with Crippen LogP contribution in [0.15, 0.2) is 36.7 Å². The van der Waals surface area contributed by atoms with E-state index in [4.69, 9.17) is 0 Å². The van der Waals surface area contributed by atoms with Crippen molar-refractivity contribution in [3.63, 3.8) is 0 Å². The number of hydrogen-bond acceptors (Lipinski definition) is 3. The first kappa shape index (κ1) is 9.51. The Hall–Kier alpha value is -2.04. The van der Waals surface area contributed by atoms with E-state index in [-0.39, 0.29) is 18.1 Å². The van der Waals surface area contributed by atoms with E-state index in [0.29, 0.717) is 5.56 Å². The second kappa shape index (κ2) is 4.00. The molecule has 1 aromatic carbocycles. The molecule has 0 N–H and O–H groups in total. The van der Waals surface area contributed by atoms with Gasteiger partial charge >= 0.3 is 0 Å². The topological polar surface area (TPSA) is 47.8 Å². The van der Waals surface area contributed by atoms with E-state index in [1.165, 1.54) is 35.1 Å². The van der Waals surface area contributed by atoms with Gasteiger partial charge in [-0.15, -0.1) is 5.10 Å². The molecule has 2 rings (SSSR count). The highest BCUT2D eigenvalue weighted by atomic mass is 19.1.